The summed E-state index contributed by atoms with van der Waals surface area (Å²) >= 11 is 0. The number of rotatable bonds is 5. The van der Waals surface area contributed by atoms with Crippen LogP contribution in [0.25, 0.3) is 0 Å². The van der Waals surface area contributed by atoms with Crippen molar-refractivity contribution in [2.45, 2.75) is 31.1 Å². The zero-order chi connectivity index (χ0) is 21.2. The van der Waals surface area contributed by atoms with Crippen molar-refractivity contribution in [2.75, 3.05) is 10.0 Å². The summed E-state index contributed by atoms with van der Waals surface area (Å²) in [6.07, 6.45) is 0. The van der Waals surface area contributed by atoms with Gasteiger partial charge in [-0.15, -0.1) is 0 Å². The number of carbonyl (C=O) groups is 1. The first kappa shape index (κ1) is 20.5. The Kier molecular flexibility index (Phi) is 5.43. The van der Waals surface area contributed by atoms with Gasteiger partial charge >= 0.3 is 0 Å². The summed E-state index contributed by atoms with van der Waals surface area (Å²) in [5.41, 5.74) is 0.0709. The number of halogens is 1. The second-order valence-electron chi connectivity index (χ2n) is 7.42. The maximum absolute atomic E-state index is 13.0. The van der Waals surface area contributed by atoms with Crippen molar-refractivity contribution in [3.05, 3.63) is 71.7 Å². The molecule has 9 heteroatoms. The molecule has 29 heavy (non-hydrogen) atoms. The van der Waals surface area contributed by atoms with E-state index in [1.807, 2.05) is 20.8 Å². The van der Waals surface area contributed by atoms with E-state index in [0.717, 1.165) is 12.1 Å². The fourth-order valence-electron chi connectivity index (χ4n) is 2.41. The average Bonchev–Trinajstić information content (AvgIpc) is 3.12. The van der Waals surface area contributed by atoms with Crippen molar-refractivity contribution >= 4 is 27.4 Å². The molecule has 7 nitrogen and oxygen atoms in total. The first-order chi connectivity index (χ1) is 13.5. The Morgan fingerprint density at radius 3 is 2.38 bits per heavy atom. The highest BCUT2D eigenvalue weighted by Gasteiger charge is 2.21. The molecule has 2 aromatic carbocycles. The van der Waals surface area contributed by atoms with Gasteiger partial charge in [0.15, 0.2) is 5.82 Å². The van der Waals surface area contributed by atoms with Crippen molar-refractivity contribution < 1.29 is 22.1 Å². The number of aromatic nitrogens is 1. The first-order valence-electron chi connectivity index (χ1n) is 8.72. The summed E-state index contributed by atoms with van der Waals surface area (Å²) in [5, 5.41) is 6.40. The Morgan fingerprint density at radius 1 is 1.07 bits per heavy atom. The van der Waals surface area contributed by atoms with Crippen LogP contribution < -0.4 is 10.0 Å². The monoisotopic (exact) mass is 417 g/mol. The van der Waals surface area contributed by atoms with Gasteiger partial charge in [-0.05, 0) is 42.5 Å². The number of nitrogens with one attached hydrogen (secondary N) is 2. The Balaban J connectivity index is 1.78. The minimum atomic E-state index is -3.96. The SMILES string of the molecule is CC(C)(C)c1cc(NC(=O)c2cccc(S(=O)(=O)Nc3ccc(F)cc3)c2)no1. The van der Waals surface area contributed by atoms with Gasteiger partial charge in [-0.25, -0.2) is 12.8 Å². The van der Waals surface area contributed by atoms with Gasteiger partial charge in [0.05, 0.1) is 4.90 Å². The molecule has 3 aromatic rings. The predicted octanol–water partition coefficient (Wildman–Crippen LogP) is 4.16. The number of amides is 1. The Morgan fingerprint density at radius 2 is 1.76 bits per heavy atom. The fraction of sp³-hybridized carbons (Fsp3) is 0.200. The first-order valence-corrected chi connectivity index (χ1v) is 10.2. The van der Waals surface area contributed by atoms with Gasteiger partial charge in [-0.3, -0.25) is 9.52 Å². The van der Waals surface area contributed by atoms with Gasteiger partial charge in [-0.2, -0.15) is 0 Å². The standard InChI is InChI=1S/C20H20FN3O4S/c1-20(2,3)17-12-18(23-28-17)22-19(25)13-5-4-6-16(11-13)29(26,27)24-15-9-7-14(21)8-10-15/h4-12,24H,1-3H3,(H,22,23,25). The molecule has 3 rings (SSSR count). The third-order valence-electron chi connectivity index (χ3n) is 3.99. The van der Waals surface area contributed by atoms with Gasteiger partial charge in [0.1, 0.15) is 11.6 Å². The van der Waals surface area contributed by atoms with Gasteiger partial charge in [0.2, 0.25) is 0 Å². The summed E-state index contributed by atoms with van der Waals surface area (Å²) < 4.78 is 45.7. The molecular formula is C20H20FN3O4S. The zero-order valence-electron chi connectivity index (χ0n) is 16.1. The number of carbonyl (C=O) groups excluding carboxylic acids is 1. The normalized spacial score (nSPS) is 11.9. The van der Waals surface area contributed by atoms with Crippen molar-refractivity contribution in [3.8, 4) is 0 Å². The molecule has 0 radical (unpaired) electrons. The third-order valence-corrected chi connectivity index (χ3v) is 5.37. The van der Waals surface area contributed by atoms with E-state index in [1.165, 1.54) is 36.4 Å². The van der Waals surface area contributed by atoms with Crippen LogP contribution in [0.2, 0.25) is 0 Å². The van der Waals surface area contributed by atoms with Crippen LogP contribution in [-0.4, -0.2) is 19.5 Å². The van der Waals surface area contributed by atoms with Crippen LogP contribution in [0.15, 0.2) is 64.0 Å². The van der Waals surface area contributed by atoms with Gasteiger partial charge in [-0.1, -0.05) is 32.0 Å². The molecule has 1 amide bonds. The van der Waals surface area contributed by atoms with Crippen molar-refractivity contribution in [1.82, 2.24) is 5.16 Å². The molecule has 0 fully saturated rings. The molecule has 0 unspecified atom stereocenters. The topological polar surface area (TPSA) is 101 Å². The van der Waals surface area contributed by atoms with E-state index in [4.69, 9.17) is 4.52 Å². The number of nitrogens with zero attached hydrogens (tertiary/aromatic N) is 1. The van der Waals surface area contributed by atoms with Crippen LogP contribution in [0.3, 0.4) is 0 Å². The lowest BCUT2D eigenvalue weighted by Gasteiger charge is -2.12. The highest BCUT2D eigenvalue weighted by Crippen LogP contribution is 2.25. The smallest absolute Gasteiger partial charge is 0.261 e. The highest BCUT2D eigenvalue weighted by atomic mass is 32.2. The second kappa shape index (κ2) is 7.67. The van der Waals surface area contributed by atoms with Crippen LogP contribution in [0.1, 0.15) is 36.9 Å². The van der Waals surface area contributed by atoms with E-state index >= 15 is 0 Å². The van der Waals surface area contributed by atoms with Gasteiger partial charge in [0, 0.05) is 22.7 Å². The summed E-state index contributed by atoms with van der Waals surface area (Å²) in [4.78, 5) is 12.4. The summed E-state index contributed by atoms with van der Waals surface area (Å²) in [7, 11) is -3.96. The molecule has 0 saturated heterocycles. The Hall–Kier alpha value is -3.20. The van der Waals surface area contributed by atoms with Crippen LogP contribution in [0.5, 0.6) is 0 Å². The lowest BCUT2D eigenvalue weighted by Crippen LogP contribution is -2.16. The van der Waals surface area contributed by atoms with E-state index in [0.29, 0.717) is 5.76 Å². The van der Waals surface area contributed by atoms with Crippen LogP contribution in [0.4, 0.5) is 15.9 Å². The number of hydrogen-bond acceptors (Lipinski definition) is 5. The molecule has 0 atom stereocenters. The molecule has 0 saturated carbocycles. The largest absolute Gasteiger partial charge is 0.359 e. The minimum Gasteiger partial charge on any atom is -0.359 e. The zero-order valence-corrected chi connectivity index (χ0v) is 16.9. The molecule has 0 spiro atoms. The number of sulfonamides is 1. The molecule has 0 aliphatic carbocycles. The number of anilines is 2. The summed E-state index contributed by atoms with van der Waals surface area (Å²) in [5.74, 6) is -0.170. The van der Waals surface area contributed by atoms with E-state index in [2.05, 4.69) is 15.2 Å². The Labute approximate surface area is 168 Å². The molecule has 1 aromatic heterocycles. The highest BCUT2D eigenvalue weighted by molar-refractivity contribution is 7.92. The second-order valence-corrected chi connectivity index (χ2v) is 9.10. The molecule has 1 heterocycles. The Bertz CT molecular complexity index is 1130. The maximum atomic E-state index is 13.0. The van der Waals surface area contributed by atoms with E-state index in [9.17, 15) is 17.6 Å². The number of benzene rings is 2. The number of hydrogen-bond donors (Lipinski definition) is 2. The molecule has 0 aliphatic rings. The third kappa shape index (κ3) is 5.00. The van der Waals surface area contributed by atoms with Crippen molar-refractivity contribution in [1.29, 1.82) is 0 Å². The van der Waals surface area contributed by atoms with Crippen molar-refractivity contribution in [3.63, 3.8) is 0 Å². The molecule has 152 valence electrons. The summed E-state index contributed by atoms with van der Waals surface area (Å²) in [6.45, 7) is 5.84. The van der Waals surface area contributed by atoms with Crippen LogP contribution in [-0.2, 0) is 15.4 Å². The lowest BCUT2D eigenvalue weighted by atomic mass is 9.93. The molecule has 0 bridgehead atoms. The lowest BCUT2D eigenvalue weighted by molar-refractivity contribution is 0.102. The van der Waals surface area contributed by atoms with Gasteiger partial charge in [0.25, 0.3) is 15.9 Å². The van der Waals surface area contributed by atoms with Gasteiger partial charge < -0.3 is 9.84 Å². The minimum absolute atomic E-state index is 0.106. The van der Waals surface area contributed by atoms with Crippen LogP contribution in [0, 0.1) is 5.82 Å². The fourth-order valence-corrected chi connectivity index (χ4v) is 3.52. The quantitative estimate of drug-likeness (QED) is 0.649. The van der Waals surface area contributed by atoms with Crippen molar-refractivity contribution in [2.24, 2.45) is 0 Å². The molecular weight excluding hydrogens is 397 g/mol. The van der Waals surface area contributed by atoms with E-state index in [1.54, 1.807) is 6.07 Å². The van der Waals surface area contributed by atoms with E-state index < -0.39 is 21.7 Å². The maximum Gasteiger partial charge on any atom is 0.261 e. The van der Waals surface area contributed by atoms with Crippen LogP contribution >= 0.6 is 0 Å². The molecule has 0 aliphatic heterocycles. The molecule has 2 N–H and O–H groups in total. The summed E-state index contributed by atoms with van der Waals surface area (Å²) in [6, 6.07) is 12.1. The van der Waals surface area contributed by atoms with E-state index in [-0.39, 0.29) is 27.4 Å². The predicted molar refractivity (Wildman–Crippen MR) is 107 cm³/mol. The average molecular weight is 417 g/mol.